The van der Waals surface area contributed by atoms with Crippen LogP contribution >= 0.6 is 0 Å². The summed E-state index contributed by atoms with van der Waals surface area (Å²) in [6.07, 6.45) is 11.9. The molecule has 11 heteroatoms. The Morgan fingerprint density at radius 2 is 1.92 bits per heavy atom. The summed E-state index contributed by atoms with van der Waals surface area (Å²) in [7, 11) is -2.20. The highest BCUT2D eigenvalue weighted by Gasteiger charge is 2.24. The second-order valence-electron chi connectivity index (χ2n) is 9.95. The van der Waals surface area contributed by atoms with Crippen LogP contribution in [0.4, 0.5) is 5.69 Å². The minimum Gasteiger partial charge on any atom is -0.369 e. The zero-order valence-corrected chi connectivity index (χ0v) is 21.9. The van der Waals surface area contributed by atoms with Gasteiger partial charge in [-0.15, -0.1) is 0 Å². The summed E-state index contributed by atoms with van der Waals surface area (Å²) >= 11 is 0. The fraction of sp³-hybridized carbons (Fsp3) is 0.423. The van der Waals surface area contributed by atoms with E-state index in [0.717, 1.165) is 73.2 Å². The van der Waals surface area contributed by atoms with Gasteiger partial charge in [0.15, 0.2) is 5.65 Å². The van der Waals surface area contributed by atoms with Crippen molar-refractivity contribution in [2.75, 3.05) is 31.6 Å². The van der Waals surface area contributed by atoms with E-state index in [1.165, 1.54) is 7.05 Å². The molecule has 10 nitrogen and oxygen atoms in total. The summed E-state index contributed by atoms with van der Waals surface area (Å²) in [5.41, 5.74) is 5.56. The lowest BCUT2D eigenvalue weighted by molar-refractivity contribution is 0.343. The Hall–Kier alpha value is -3.28. The number of nitrogens with one attached hydrogen (secondary N) is 3. The number of hydrogen-bond donors (Lipinski definition) is 3. The molecular weight excluding hydrogens is 488 g/mol. The number of sulfonamides is 1. The van der Waals surface area contributed by atoms with Crippen molar-refractivity contribution in [3.8, 4) is 22.4 Å². The van der Waals surface area contributed by atoms with Crippen LogP contribution in [0, 0.1) is 0 Å². The molecule has 2 aliphatic heterocycles. The van der Waals surface area contributed by atoms with Crippen LogP contribution in [0.5, 0.6) is 0 Å². The molecule has 1 unspecified atom stereocenters. The van der Waals surface area contributed by atoms with Gasteiger partial charge < -0.3 is 15.2 Å². The number of aromatic nitrogens is 5. The fourth-order valence-electron chi connectivity index (χ4n) is 5.49. The molecule has 3 N–H and O–H groups in total. The highest BCUT2D eigenvalue weighted by Crippen LogP contribution is 2.34. The first-order valence-corrected chi connectivity index (χ1v) is 14.4. The van der Waals surface area contributed by atoms with Crippen LogP contribution in [-0.4, -0.2) is 65.9 Å². The van der Waals surface area contributed by atoms with Crippen LogP contribution in [0.25, 0.3) is 33.5 Å². The van der Waals surface area contributed by atoms with Crippen molar-refractivity contribution in [3.05, 3.63) is 43.0 Å². The van der Waals surface area contributed by atoms with E-state index in [1.54, 1.807) is 18.3 Å². The number of nitrogens with zero attached hydrogens (tertiary/aromatic N) is 5. The van der Waals surface area contributed by atoms with Gasteiger partial charge in [0.05, 0.1) is 29.0 Å². The topological polar surface area (TPSA) is 121 Å². The van der Waals surface area contributed by atoms with Crippen LogP contribution in [0.15, 0.2) is 47.9 Å². The molecule has 1 aromatic carbocycles. The van der Waals surface area contributed by atoms with Gasteiger partial charge in [-0.05, 0) is 70.9 Å². The molecule has 5 heterocycles. The molecule has 2 aliphatic rings. The standard InChI is InChI=1S/C26H32N8O2S/c1-17-4-3-9-33(17)21-10-18(11-22(12-21)37(35,36)27-2)24-15-30-26-25(32-24)23(14-29-26)19-13-31-34(16-19)20-5-7-28-8-6-20/h10-17,20,27-28H,3-9H2,1-2H3,(H,29,30). The van der Waals surface area contributed by atoms with Crippen LogP contribution < -0.4 is 14.9 Å². The first kappa shape index (κ1) is 24.1. The maximum absolute atomic E-state index is 12.8. The Balaban J connectivity index is 1.42. The molecule has 0 aliphatic carbocycles. The van der Waals surface area contributed by atoms with E-state index in [9.17, 15) is 8.42 Å². The van der Waals surface area contributed by atoms with E-state index in [2.05, 4.69) is 47.8 Å². The van der Waals surface area contributed by atoms with E-state index >= 15 is 0 Å². The zero-order valence-electron chi connectivity index (χ0n) is 21.1. The first-order chi connectivity index (χ1) is 17.9. The monoisotopic (exact) mass is 520 g/mol. The number of fused-ring (bicyclic) bond motifs is 1. The molecule has 0 spiro atoms. The lowest BCUT2D eigenvalue weighted by Crippen LogP contribution is -2.29. The SMILES string of the molecule is CNS(=O)(=O)c1cc(-c2cnc3[nH]cc(-c4cnn(C5CCNCC5)c4)c3n2)cc(N2CCCC2C)c1. The van der Waals surface area contributed by atoms with Gasteiger partial charge in [0.2, 0.25) is 10.0 Å². The average molecular weight is 521 g/mol. The van der Waals surface area contributed by atoms with Crippen LogP contribution in [-0.2, 0) is 10.0 Å². The highest BCUT2D eigenvalue weighted by molar-refractivity contribution is 7.89. The van der Waals surface area contributed by atoms with Gasteiger partial charge in [-0.2, -0.15) is 5.10 Å². The number of aromatic amines is 1. The maximum Gasteiger partial charge on any atom is 0.240 e. The van der Waals surface area contributed by atoms with E-state index in [1.807, 2.05) is 18.5 Å². The molecule has 4 aromatic rings. The zero-order chi connectivity index (χ0) is 25.6. The molecule has 0 radical (unpaired) electrons. The third-order valence-electron chi connectivity index (χ3n) is 7.63. The fourth-order valence-corrected chi connectivity index (χ4v) is 6.28. The van der Waals surface area contributed by atoms with Crippen molar-refractivity contribution in [2.45, 2.75) is 49.6 Å². The molecule has 37 heavy (non-hydrogen) atoms. The average Bonchev–Trinajstić information content (AvgIpc) is 3.68. The van der Waals surface area contributed by atoms with Gasteiger partial charge in [-0.3, -0.25) is 4.68 Å². The number of hydrogen-bond acceptors (Lipinski definition) is 7. The molecule has 3 aromatic heterocycles. The summed E-state index contributed by atoms with van der Waals surface area (Å²) in [5, 5.41) is 8.04. The van der Waals surface area contributed by atoms with E-state index in [-0.39, 0.29) is 4.90 Å². The van der Waals surface area contributed by atoms with Crippen molar-refractivity contribution in [3.63, 3.8) is 0 Å². The molecule has 0 bridgehead atoms. The normalized spacial score (nSPS) is 19.2. The Bertz CT molecular complexity index is 1540. The summed E-state index contributed by atoms with van der Waals surface area (Å²) < 4.78 is 30.1. The van der Waals surface area contributed by atoms with E-state index in [4.69, 9.17) is 4.98 Å². The molecular formula is C26H32N8O2S. The molecule has 2 saturated heterocycles. The summed E-state index contributed by atoms with van der Waals surface area (Å²) in [6.45, 7) is 5.08. The van der Waals surface area contributed by atoms with Crippen molar-refractivity contribution < 1.29 is 8.42 Å². The van der Waals surface area contributed by atoms with Crippen LogP contribution in [0.1, 0.15) is 38.6 Å². The molecule has 2 fully saturated rings. The van der Waals surface area contributed by atoms with E-state index in [0.29, 0.717) is 23.4 Å². The second kappa shape index (κ2) is 9.55. The van der Waals surface area contributed by atoms with Gasteiger partial charge in [-0.1, -0.05) is 0 Å². The minimum absolute atomic E-state index is 0.223. The van der Waals surface area contributed by atoms with Crippen molar-refractivity contribution in [1.82, 2.24) is 34.8 Å². The largest absolute Gasteiger partial charge is 0.369 e. The predicted octanol–water partition coefficient (Wildman–Crippen LogP) is 3.31. The quantitative estimate of drug-likeness (QED) is 0.357. The Morgan fingerprint density at radius 3 is 2.68 bits per heavy atom. The van der Waals surface area contributed by atoms with Crippen molar-refractivity contribution >= 4 is 26.9 Å². The predicted molar refractivity (Wildman–Crippen MR) is 144 cm³/mol. The number of anilines is 1. The molecule has 0 amide bonds. The highest BCUT2D eigenvalue weighted by atomic mass is 32.2. The summed E-state index contributed by atoms with van der Waals surface area (Å²) in [5.74, 6) is 0. The third kappa shape index (κ3) is 4.51. The molecule has 1 atom stereocenters. The molecule has 194 valence electrons. The lowest BCUT2D eigenvalue weighted by Gasteiger charge is -2.25. The van der Waals surface area contributed by atoms with Gasteiger partial charge >= 0.3 is 0 Å². The van der Waals surface area contributed by atoms with Gasteiger partial charge in [0, 0.05) is 47.4 Å². The van der Waals surface area contributed by atoms with Crippen molar-refractivity contribution in [2.24, 2.45) is 0 Å². The number of piperidine rings is 1. The summed E-state index contributed by atoms with van der Waals surface area (Å²) in [4.78, 5) is 15.3. The third-order valence-corrected chi connectivity index (χ3v) is 9.02. The minimum atomic E-state index is -3.64. The Morgan fingerprint density at radius 1 is 1.08 bits per heavy atom. The van der Waals surface area contributed by atoms with Crippen molar-refractivity contribution in [1.29, 1.82) is 0 Å². The summed E-state index contributed by atoms with van der Waals surface area (Å²) in [6, 6.07) is 6.19. The molecule has 6 rings (SSSR count). The number of rotatable bonds is 6. The number of H-pyrrole nitrogens is 1. The van der Waals surface area contributed by atoms with Crippen LogP contribution in [0.3, 0.4) is 0 Å². The second-order valence-corrected chi connectivity index (χ2v) is 11.8. The molecule has 0 saturated carbocycles. The Labute approximate surface area is 216 Å². The maximum atomic E-state index is 12.8. The smallest absolute Gasteiger partial charge is 0.240 e. The van der Waals surface area contributed by atoms with Gasteiger partial charge in [-0.25, -0.2) is 23.1 Å². The van der Waals surface area contributed by atoms with E-state index < -0.39 is 10.0 Å². The van der Waals surface area contributed by atoms with Gasteiger partial charge in [0.1, 0.15) is 5.52 Å². The van der Waals surface area contributed by atoms with Gasteiger partial charge in [0.25, 0.3) is 0 Å². The van der Waals surface area contributed by atoms with Crippen LogP contribution in [0.2, 0.25) is 0 Å². The number of benzene rings is 1. The Kier molecular flexibility index (Phi) is 6.21. The first-order valence-electron chi connectivity index (χ1n) is 12.9. The lowest BCUT2D eigenvalue weighted by atomic mass is 10.1.